The molecule has 1 saturated carbocycles. The summed E-state index contributed by atoms with van der Waals surface area (Å²) in [7, 11) is 0. The number of urea groups is 1. The van der Waals surface area contributed by atoms with Gasteiger partial charge in [0.15, 0.2) is 0 Å². The second kappa shape index (κ2) is 7.89. The first-order valence-electron chi connectivity index (χ1n) is 9.56. The number of nitrogens with one attached hydrogen (secondary N) is 2. The van der Waals surface area contributed by atoms with E-state index in [-0.39, 0.29) is 24.4 Å². The van der Waals surface area contributed by atoms with E-state index in [0.717, 1.165) is 49.0 Å². The van der Waals surface area contributed by atoms with E-state index >= 15 is 0 Å². The number of carbonyl (C=O) groups excluding carboxylic acids is 3. The quantitative estimate of drug-likeness (QED) is 0.737. The molecule has 0 radical (unpaired) electrons. The highest BCUT2D eigenvalue weighted by molar-refractivity contribution is 6.09. The summed E-state index contributed by atoms with van der Waals surface area (Å²) >= 11 is 0. The van der Waals surface area contributed by atoms with Crippen LogP contribution in [0, 0.1) is 0 Å². The lowest BCUT2D eigenvalue weighted by Crippen LogP contribution is -2.46. The van der Waals surface area contributed by atoms with Crippen molar-refractivity contribution >= 4 is 17.8 Å². The van der Waals surface area contributed by atoms with Gasteiger partial charge in [-0.25, -0.2) is 4.79 Å². The van der Waals surface area contributed by atoms with Crippen LogP contribution in [0.2, 0.25) is 0 Å². The summed E-state index contributed by atoms with van der Waals surface area (Å²) in [5.74, 6) is -0.594. The number of imide groups is 1. The van der Waals surface area contributed by atoms with E-state index in [2.05, 4.69) is 10.6 Å². The Kier molecular flexibility index (Phi) is 5.59. The zero-order valence-corrected chi connectivity index (χ0v) is 15.3. The van der Waals surface area contributed by atoms with Crippen molar-refractivity contribution in [2.24, 2.45) is 0 Å². The highest BCUT2D eigenvalue weighted by Crippen LogP contribution is 2.34. The Labute approximate surface area is 154 Å². The van der Waals surface area contributed by atoms with Gasteiger partial charge in [0.1, 0.15) is 12.1 Å². The molecule has 1 saturated heterocycles. The minimum Gasteiger partial charge on any atom is -0.352 e. The summed E-state index contributed by atoms with van der Waals surface area (Å²) in [6.45, 7) is 1.83. The van der Waals surface area contributed by atoms with E-state index in [4.69, 9.17) is 0 Å². The summed E-state index contributed by atoms with van der Waals surface area (Å²) in [6.07, 6.45) is 6.42. The van der Waals surface area contributed by atoms with Gasteiger partial charge in [0.2, 0.25) is 5.91 Å². The highest BCUT2D eigenvalue weighted by atomic mass is 16.2. The van der Waals surface area contributed by atoms with Crippen LogP contribution in [-0.2, 0) is 15.1 Å². The number of benzene rings is 1. The van der Waals surface area contributed by atoms with Gasteiger partial charge >= 0.3 is 6.03 Å². The van der Waals surface area contributed by atoms with Gasteiger partial charge in [-0.15, -0.1) is 0 Å². The van der Waals surface area contributed by atoms with E-state index in [0.29, 0.717) is 6.42 Å². The second-order valence-corrected chi connectivity index (χ2v) is 7.25. The first-order chi connectivity index (χ1) is 12.6. The van der Waals surface area contributed by atoms with Crippen LogP contribution >= 0.6 is 0 Å². The van der Waals surface area contributed by atoms with Gasteiger partial charge in [0, 0.05) is 6.04 Å². The van der Waals surface area contributed by atoms with Crippen LogP contribution in [0.3, 0.4) is 0 Å². The maximum absolute atomic E-state index is 13.2. The number of nitrogens with zero attached hydrogens (tertiary/aromatic N) is 1. The molecule has 6 heteroatoms. The minimum atomic E-state index is -1.07. The van der Waals surface area contributed by atoms with Crippen molar-refractivity contribution in [3.63, 3.8) is 0 Å². The summed E-state index contributed by atoms with van der Waals surface area (Å²) < 4.78 is 0. The molecule has 3 rings (SSSR count). The number of hydrogen-bond acceptors (Lipinski definition) is 3. The summed E-state index contributed by atoms with van der Waals surface area (Å²) in [5.41, 5.74) is -0.298. The fourth-order valence-corrected chi connectivity index (χ4v) is 3.93. The van der Waals surface area contributed by atoms with Gasteiger partial charge in [-0.2, -0.15) is 0 Å². The van der Waals surface area contributed by atoms with Gasteiger partial charge in [-0.1, -0.05) is 62.9 Å². The maximum Gasteiger partial charge on any atom is 0.325 e. The van der Waals surface area contributed by atoms with Crippen LogP contribution in [0.4, 0.5) is 4.79 Å². The van der Waals surface area contributed by atoms with E-state index in [1.54, 1.807) is 0 Å². The zero-order valence-electron chi connectivity index (χ0n) is 15.3. The number of unbranched alkanes of at least 4 members (excludes halogenated alkanes) is 1. The lowest BCUT2D eigenvalue weighted by Gasteiger charge is -2.27. The van der Waals surface area contributed by atoms with Crippen LogP contribution in [0.1, 0.15) is 57.4 Å². The van der Waals surface area contributed by atoms with Gasteiger partial charge in [0.25, 0.3) is 5.91 Å². The van der Waals surface area contributed by atoms with Crippen molar-refractivity contribution in [1.82, 2.24) is 15.5 Å². The van der Waals surface area contributed by atoms with Crippen LogP contribution in [0.25, 0.3) is 0 Å². The van der Waals surface area contributed by atoms with Gasteiger partial charge < -0.3 is 10.6 Å². The molecule has 0 bridgehead atoms. The molecule has 6 nitrogen and oxygen atoms in total. The summed E-state index contributed by atoms with van der Waals surface area (Å²) in [5, 5.41) is 5.82. The molecule has 4 amide bonds. The van der Waals surface area contributed by atoms with Crippen LogP contribution in [-0.4, -0.2) is 35.3 Å². The molecule has 140 valence electrons. The molecule has 0 spiro atoms. The third kappa shape index (κ3) is 3.59. The average molecular weight is 357 g/mol. The predicted octanol–water partition coefficient (Wildman–Crippen LogP) is 2.68. The molecular weight excluding hydrogens is 330 g/mol. The molecule has 1 heterocycles. The fraction of sp³-hybridized carbons (Fsp3) is 0.550. The molecule has 1 aromatic rings. The molecule has 1 aromatic carbocycles. The standard InChI is InChI=1S/C20H27N3O3/c1-2-3-13-20(15-9-5-4-6-10-15)18(25)23(19(26)22-20)14-17(24)21-16-11-7-8-12-16/h4-6,9-10,16H,2-3,7-8,11-14H2,1H3,(H,21,24)(H,22,26)/t20-/m0/s1. The van der Waals surface area contributed by atoms with Crippen molar-refractivity contribution in [3.8, 4) is 0 Å². The molecule has 0 aromatic heterocycles. The third-order valence-electron chi connectivity index (χ3n) is 5.37. The predicted molar refractivity (Wildman–Crippen MR) is 98.3 cm³/mol. The monoisotopic (exact) mass is 357 g/mol. The van der Waals surface area contributed by atoms with Crippen molar-refractivity contribution in [2.75, 3.05) is 6.54 Å². The Morgan fingerprint density at radius 2 is 1.92 bits per heavy atom. The minimum absolute atomic E-state index is 0.169. The lowest BCUT2D eigenvalue weighted by atomic mass is 9.85. The Hall–Kier alpha value is -2.37. The number of hydrogen-bond donors (Lipinski definition) is 2. The smallest absolute Gasteiger partial charge is 0.325 e. The number of carbonyl (C=O) groups is 3. The van der Waals surface area contributed by atoms with Crippen molar-refractivity contribution in [3.05, 3.63) is 35.9 Å². The molecule has 2 N–H and O–H groups in total. The third-order valence-corrected chi connectivity index (χ3v) is 5.37. The SMILES string of the molecule is CCCC[C@@]1(c2ccccc2)NC(=O)N(CC(=O)NC2CCCC2)C1=O. The Morgan fingerprint density at radius 3 is 2.58 bits per heavy atom. The Balaban J connectivity index is 1.77. The van der Waals surface area contributed by atoms with Gasteiger partial charge in [-0.05, 0) is 24.8 Å². The van der Waals surface area contributed by atoms with E-state index in [9.17, 15) is 14.4 Å². The van der Waals surface area contributed by atoms with Crippen molar-refractivity contribution < 1.29 is 14.4 Å². The molecule has 2 fully saturated rings. The van der Waals surface area contributed by atoms with Crippen LogP contribution < -0.4 is 10.6 Å². The number of rotatable bonds is 7. The first-order valence-corrected chi connectivity index (χ1v) is 9.56. The molecule has 26 heavy (non-hydrogen) atoms. The lowest BCUT2D eigenvalue weighted by molar-refractivity contribution is -0.135. The summed E-state index contributed by atoms with van der Waals surface area (Å²) in [6, 6.07) is 8.99. The van der Waals surface area contributed by atoms with E-state index in [1.807, 2.05) is 37.3 Å². The zero-order chi connectivity index (χ0) is 18.6. The molecule has 0 unspecified atom stereocenters. The van der Waals surface area contributed by atoms with Crippen molar-refractivity contribution in [2.45, 2.75) is 63.5 Å². The Bertz CT molecular complexity index is 670. The molecular formula is C20H27N3O3. The average Bonchev–Trinajstić information content (AvgIpc) is 3.23. The largest absolute Gasteiger partial charge is 0.352 e. The topological polar surface area (TPSA) is 78.5 Å². The van der Waals surface area contributed by atoms with Gasteiger partial charge in [-0.3, -0.25) is 14.5 Å². The maximum atomic E-state index is 13.2. The first kappa shape index (κ1) is 18.4. The highest BCUT2D eigenvalue weighted by Gasteiger charge is 2.52. The van der Waals surface area contributed by atoms with Gasteiger partial charge in [0.05, 0.1) is 0 Å². The second-order valence-electron chi connectivity index (χ2n) is 7.25. The van der Waals surface area contributed by atoms with Crippen LogP contribution in [0.5, 0.6) is 0 Å². The van der Waals surface area contributed by atoms with Crippen molar-refractivity contribution in [1.29, 1.82) is 0 Å². The molecule has 2 aliphatic rings. The molecule has 1 aliphatic heterocycles. The Morgan fingerprint density at radius 1 is 1.23 bits per heavy atom. The molecule has 1 atom stereocenters. The normalized spacial score (nSPS) is 23.3. The van der Waals surface area contributed by atoms with Crippen LogP contribution in [0.15, 0.2) is 30.3 Å². The fourth-order valence-electron chi connectivity index (χ4n) is 3.93. The number of amides is 4. The molecule has 1 aliphatic carbocycles. The summed E-state index contributed by atoms with van der Waals surface area (Å²) in [4.78, 5) is 39.1. The van der Waals surface area contributed by atoms with E-state index < -0.39 is 11.6 Å². The van der Waals surface area contributed by atoms with E-state index in [1.165, 1.54) is 0 Å².